The summed E-state index contributed by atoms with van der Waals surface area (Å²) in [6.45, 7) is 4.87. The maximum absolute atomic E-state index is 11.7. The van der Waals surface area contributed by atoms with E-state index < -0.39 is 5.60 Å². The van der Waals surface area contributed by atoms with Crippen molar-refractivity contribution in [1.82, 2.24) is 9.97 Å². The molecule has 18 heavy (non-hydrogen) atoms. The molecule has 0 bridgehead atoms. The average Bonchev–Trinajstić information content (AvgIpc) is 2.36. The lowest BCUT2D eigenvalue weighted by molar-refractivity contribution is -0.0838. The van der Waals surface area contributed by atoms with Gasteiger partial charge in [-0.3, -0.25) is 4.79 Å². The van der Waals surface area contributed by atoms with Crippen LogP contribution in [0.25, 0.3) is 0 Å². The second-order valence-electron chi connectivity index (χ2n) is 5.02. The van der Waals surface area contributed by atoms with Crippen LogP contribution in [0.15, 0.2) is 15.5 Å². The number of nitrogens with one attached hydrogen (secondary N) is 1. The van der Waals surface area contributed by atoms with Crippen molar-refractivity contribution in [1.29, 1.82) is 0 Å². The van der Waals surface area contributed by atoms with E-state index in [1.165, 1.54) is 0 Å². The second-order valence-corrected chi connectivity index (χ2v) is 5.87. The Bertz CT molecular complexity index is 464. The normalized spacial score (nSPS) is 28.3. The predicted molar refractivity (Wildman–Crippen MR) is 73.5 cm³/mol. The highest BCUT2D eigenvalue weighted by molar-refractivity contribution is 9.10. The third-order valence-electron chi connectivity index (χ3n) is 3.69. The Morgan fingerprint density at radius 1 is 1.56 bits per heavy atom. The van der Waals surface area contributed by atoms with Crippen LogP contribution in [0.2, 0.25) is 0 Å². The van der Waals surface area contributed by atoms with Gasteiger partial charge in [-0.1, -0.05) is 6.92 Å². The molecular weight excluding hydrogens is 296 g/mol. The molecule has 4 nitrogen and oxygen atoms in total. The first-order valence-corrected chi connectivity index (χ1v) is 7.26. The molecule has 1 aliphatic rings. The van der Waals surface area contributed by atoms with Gasteiger partial charge in [-0.05, 0) is 54.5 Å². The van der Waals surface area contributed by atoms with Gasteiger partial charge in [0, 0.05) is 12.8 Å². The quantitative estimate of drug-likeness (QED) is 0.933. The molecule has 100 valence electrons. The molecule has 0 aliphatic heterocycles. The topological polar surface area (TPSA) is 55.0 Å². The molecule has 1 saturated carbocycles. The number of hydrogen-bond donors (Lipinski definition) is 1. The fraction of sp³-hybridized carbons (Fsp3) is 0.692. The zero-order valence-electron chi connectivity index (χ0n) is 10.8. The van der Waals surface area contributed by atoms with Crippen LogP contribution in [0.5, 0.6) is 0 Å². The first kappa shape index (κ1) is 13.7. The van der Waals surface area contributed by atoms with Gasteiger partial charge < -0.3 is 9.72 Å². The average molecular weight is 315 g/mol. The van der Waals surface area contributed by atoms with Gasteiger partial charge in [-0.2, -0.15) is 0 Å². The molecule has 1 aromatic heterocycles. The number of hydrogen-bond acceptors (Lipinski definition) is 3. The fourth-order valence-corrected chi connectivity index (χ4v) is 2.77. The summed E-state index contributed by atoms with van der Waals surface area (Å²) in [7, 11) is 0. The smallest absolute Gasteiger partial charge is 0.265 e. The molecule has 0 saturated heterocycles. The number of halogens is 1. The summed E-state index contributed by atoms with van der Waals surface area (Å²) >= 11 is 3.17. The van der Waals surface area contributed by atoms with E-state index in [9.17, 15) is 4.79 Å². The summed E-state index contributed by atoms with van der Waals surface area (Å²) < 4.78 is 6.41. The monoisotopic (exact) mass is 314 g/mol. The number of nitrogens with zero attached hydrogens (tertiary/aromatic N) is 1. The largest absolute Gasteiger partial charge is 0.367 e. The van der Waals surface area contributed by atoms with E-state index in [1.54, 1.807) is 6.20 Å². The molecule has 0 unspecified atom stereocenters. The summed E-state index contributed by atoms with van der Waals surface area (Å²) in [5.74, 6) is 1.39. The Morgan fingerprint density at radius 3 is 2.78 bits per heavy atom. The minimum absolute atomic E-state index is 0.141. The van der Waals surface area contributed by atoms with Crippen LogP contribution in [-0.4, -0.2) is 16.6 Å². The molecule has 0 aromatic carbocycles. The van der Waals surface area contributed by atoms with Crippen LogP contribution in [-0.2, 0) is 10.3 Å². The lowest BCUT2D eigenvalue weighted by Gasteiger charge is -2.38. The third-order valence-corrected chi connectivity index (χ3v) is 4.25. The zero-order valence-corrected chi connectivity index (χ0v) is 12.4. The van der Waals surface area contributed by atoms with Crippen molar-refractivity contribution in [2.24, 2.45) is 5.92 Å². The number of rotatable bonds is 3. The van der Waals surface area contributed by atoms with Crippen molar-refractivity contribution < 1.29 is 4.74 Å². The standard InChI is InChI=1S/C13H19BrN2O2/c1-3-18-13(6-4-9(2)5-7-13)12-15-8-10(14)11(17)16-12/h8-9H,3-7H2,1-2H3,(H,15,16,17). The second kappa shape index (κ2) is 5.53. The molecule has 2 rings (SSSR count). The van der Waals surface area contributed by atoms with Gasteiger partial charge in [0.05, 0.1) is 0 Å². The highest BCUT2D eigenvalue weighted by Gasteiger charge is 2.38. The van der Waals surface area contributed by atoms with E-state index >= 15 is 0 Å². The number of aromatic amines is 1. The van der Waals surface area contributed by atoms with Crippen molar-refractivity contribution in [2.75, 3.05) is 6.61 Å². The van der Waals surface area contributed by atoms with E-state index in [2.05, 4.69) is 32.8 Å². The number of aromatic nitrogens is 2. The number of H-pyrrole nitrogens is 1. The van der Waals surface area contributed by atoms with Crippen LogP contribution < -0.4 is 5.56 Å². The summed E-state index contributed by atoms with van der Waals surface area (Å²) in [6, 6.07) is 0. The lowest BCUT2D eigenvalue weighted by Crippen LogP contribution is -2.37. The summed E-state index contributed by atoms with van der Waals surface area (Å²) in [4.78, 5) is 18.9. The Hall–Kier alpha value is -0.680. The maximum Gasteiger partial charge on any atom is 0.265 e. The van der Waals surface area contributed by atoms with Crippen molar-refractivity contribution in [3.63, 3.8) is 0 Å². The Kier molecular flexibility index (Phi) is 4.22. The van der Waals surface area contributed by atoms with Crippen LogP contribution in [0.4, 0.5) is 0 Å². The molecular formula is C13H19BrN2O2. The maximum atomic E-state index is 11.7. The summed E-state index contributed by atoms with van der Waals surface area (Å²) in [5, 5.41) is 0. The van der Waals surface area contributed by atoms with E-state index in [1.807, 2.05) is 6.92 Å². The Morgan fingerprint density at radius 2 is 2.22 bits per heavy atom. The van der Waals surface area contributed by atoms with E-state index in [4.69, 9.17) is 4.74 Å². The van der Waals surface area contributed by atoms with Crippen molar-refractivity contribution in [2.45, 2.75) is 45.1 Å². The van der Waals surface area contributed by atoms with Gasteiger partial charge in [0.2, 0.25) is 0 Å². The van der Waals surface area contributed by atoms with E-state index in [-0.39, 0.29) is 5.56 Å². The van der Waals surface area contributed by atoms with Gasteiger partial charge in [-0.25, -0.2) is 4.98 Å². The fourth-order valence-electron chi connectivity index (χ4n) is 2.57. The van der Waals surface area contributed by atoms with Crippen LogP contribution >= 0.6 is 15.9 Å². The van der Waals surface area contributed by atoms with Crippen molar-refractivity contribution in [3.8, 4) is 0 Å². The van der Waals surface area contributed by atoms with Crippen LogP contribution in [0.3, 0.4) is 0 Å². The Labute approximate surface area is 115 Å². The molecule has 1 heterocycles. The molecule has 0 atom stereocenters. The van der Waals surface area contributed by atoms with E-state index in [0.717, 1.165) is 31.6 Å². The first-order valence-electron chi connectivity index (χ1n) is 6.46. The van der Waals surface area contributed by atoms with Gasteiger partial charge in [-0.15, -0.1) is 0 Å². The van der Waals surface area contributed by atoms with Crippen molar-refractivity contribution in [3.05, 3.63) is 26.8 Å². The van der Waals surface area contributed by atoms with Gasteiger partial charge in [0.1, 0.15) is 15.9 Å². The molecule has 1 fully saturated rings. The minimum atomic E-state index is -0.402. The molecule has 5 heteroatoms. The molecule has 1 N–H and O–H groups in total. The highest BCUT2D eigenvalue weighted by atomic mass is 79.9. The minimum Gasteiger partial charge on any atom is -0.367 e. The zero-order chi connectivity index (χ0) is 13.2. The number of ether oxygens (including phenoxy) is 1. The highest BCUT2D eigenvalue weighted by Crippen LogP contribution is 2.40. The molecule has 0 spiro atoms. The van der Waals surface area contributed by atoms with Gasteiger partial charge in [0.15, 0.2) is 0 Å². The first-order chi connectivity index (χ1) is 8.57. The van der Waals surface area contributed by atoms with Gasteiger partial charge >= 0.3 is 0 Å². The van der Waals surface area contributed by atoms with Crippen LogP contribution in [0.1, 0.15) is 45.4 Å². The lowest BCUT2D eigenvalue weighted by atomic mass is 9.79. The Balaban J connectivity index is 2.34. The van der Waals surface area contributed by atoms with Crippen molar-refractivity contribution >= 4 is 15.9 Å². The van der Waals surface area contributed by atoms with Crippen LogP contribution in [0, 0.1) is 5.92 Å². The third kappa shape index (κ3) is 2.67. The molecule has 0 amide bonds. The SMILES string of the molecule is CCOC1(c2ncc(Br)c(=O)[nH]2)CCC(C)CC1. The summed E-state index contributed by atoms with van der Waals surface area (Å²) in [6.07, 6.45) is 5.63. The summed E-state index contributed by atoms with van der Waals surface area (Å²) in [5.41, 5.74) is -0.543. The molecule has 0 radical (unpaired) electrons. The predicted octanol–water partition coefficient (Wildman–Crippen LogP) is 2.97. The van der Waals surface area contributed by atoms with Gasteiger partial charge in [0.25, 0.3) is 5.56 Å². The molecule has 1 aromatic rings. The van der Waals surface area contributed by atoms with E-state index in [0.29, 0.717) is 16.9 Å². The molecule has 1 aliphatic carbocycles.